The molecule has 5 N–H and O–H groups in total. The van der Waals surface area contributed by atoms with Gasteiger partial charge in [0.05, 0.1) is 30.6 Å². The molecular formula is C43H53N7O8S2. The number of pyridine rings is 1. The van der Waals surface area contributed by atoms with E-state index in [0.717, 1.165) is 30.8 Å². The van der Waals surface area contributed by atoms with E-state index < -0.39 is 63.4 Å². The molecule has 0 bridgehead atoms. The molecular weight excluding hydrogens is 807 g/mol. The first-order valence-corrected chi connectivity index (χ1v) is 22.8. The fourth-order valence-corrected chi connectivity index (χ4v) is 9.77. The molecule has 0 radical (unpaired) electrons. The van der Waals surface area contributed by atoms with Crippen LogP contribution in [0, 0.1) is 11.8 Å². The van der Waals surface area contributed by atoms with Crippen LogP contribution in [0.5, 0.6) is 11.5 Å². The minimum atomic E-state index is -4.36. The van der Waals surface area contributed by atoms with Gasteiger partial charge < -0.3 is 35.4 Å². The van der Waals surface area contributed by atoms with Gasteiger partial charge in [-0.3, -0.25) is 14.4 Å². The molecule has 1 aliphatic carbocycles. The fourth-order valence-electron chi connectivity index (χ4n) is 7.69. The number of hydrogen-bond acceptors (Lipinski definition) is 13. The summed E-state index contributed by atoms with van der Waals surface area (Å²) in [6.07, 6.45) is 5.27. The number of aromatic nitrogens is 2. The molecule has 3 aliphatic rings. The minimum absolute atomic E-state index is 0.0202. The second-order valence-electron chi connectivity index (χ2n) is 16.3. The molecule has 0 spiro atoms. The van der Waals surface area contributed by atoms with Gasteiger partial charge in [-0.2, -0.15) is 0 Å². The lowest BCUT2D eigenvalue weighted by Gasteiger charge is -2.29. The number of allylic oxidation sites excluding steroid dienone is 1. The Kier molecular flexibility index (Phi) is 12.7. The molecule has 3 amide bonds. The number of anilines is 2. The predicted octanol–water partition coefficient (Wildman–Crippen LogP) is 5.47. The number of fused-ring (bicyclic) bond motifs is 3. The molecule has 15 nitrogen and oxygen atoms in total. The maximum absolute atomic E-state index is 14.5. The first-order valence-electron chi connectivity index (χ1n) is 20.4. The number of sulfonamides is 1. The summed E-state index contributed by atoms with van der Waals surface area (Å²) < 4.78 is 41.9. The topological polar surface area (TPSA) is 201 Å². The van der Waals surface area contributed by atoms with Gasteiger partial charge in [0.2, 0.25) is 5.91 Å². The SMILES string of the molecule is COc1ccc2c(O[C@@H]3C[C@@H](C(=O)N[C@]45C[C@H]4C=CCCCCCNc4ccccc4S(=O)(=O)NC5=O)N(C(=O)C(O)C(C)C)C3)cc(-c3csc(NC(C)C)n3)nc2c1. The van der Waals surface area contributed by atoms with Crippen molar-refractivity contribution in [3.8, 4) is 22.9 Å². The molecule has 1 saturated heterocycles. The Bertz CT molecular complexity index is 2390. The Labute approximate surface area is 354 Å². The summed E-state index contributed by atoms with van der Waals surface area (Å²) in [4.78, 5) is 53.4. The largest absolute Gasteiger partial charge is 0.497 e. The van der Waals surface area contributed by atoms with Gasteiger partial charge in [0, 0.05) is 47.8 Å². The number of likely N-dealkylation sites (tertiary alicyclic amines) is 1. The number of nitrogens with zero attached hydrogens (tertiary/aromatic N) is 3. The molecule has 17 heteroatoms. The van der Waals surface area contributed by atoms with Gasteiger partial charge in [0.15, 0.2) is 5.13 Å². The summed E-state index contributed by atoms with van der Waals surface area (Å²) in [7, 11) is -2.79. The van der Waals surface area contributed by atoms with E-state index in [1.807, 2.05) is 37.4 Å². The van der Waals surface area contributed by atoms with Crippen LogP contribution < -0.4 is 30.1 Å². The Morgan fingerprint density at radius 2 is 1.85 bits per heavy atom. The maximum atomic E-state index is 14.5. The fraction of sp³-hybridized carbons (Fsp3) is 0.465. The Balaban J connectivity index is 1.19. The molecule has 2 fully saturated rings. The van der Waals surface area contributed by atoms with Gasteiger partial charge in [-0.1, -0.05) is 44.6 Å². The number of benzene rings is 2. The molecule has 4 aromatic rings. The number of amides is 3. The van der Waals surface area contributed by atoms with Crippen LogP contribution in [0.25, 0.3) is 22.3 Å². The molecule has 1 unspecified atom stereocenters. The van der Waals surface area contributed by atoms with Crippen LogP contribution in [0.3, 0.4) is 0 Å². The van der Waals surface area contributed by atoms with Gasteiger partial charge in [0.25, 0.3) is 21.8 Å². The normalized spacial score (nSPS) is 23.4. The molecule has 1 saturated carbocycles. The van der Waals surface area contributed by atoms with E-state index in [2.05, 4.69) is 20.7 Å². The second kappa shape index (κ2) is 17.8. The third-order valence-electron chi connectivity index (χ3n) is 11.1. The highest BCUT2D eigenvalue weighted by Gasteiger charge is 2.61. The monoisotopic (exact) mass is 859 g/mol. The van der Waals surface area contributed by atoms with Gasteiger partial charge >= 0.3 is 0 Å². The van der Waals surface area contributed by atoms with Gasteiger partial charge in [-0.15, -0.1) is 11.3 Å². The molecule has 5 atom stereocenters. The zero-order valence-electron chi connectivity index (χ0n) is 34.4. The molecule has 2 aromatic carbocycles. The van der Waals surface area contributed by atoms with E-state index in [-0.39, 0.29) is 30.3 Å². The highest BCUT2D eigenvalue weighted by atomic mass is 32.2. The Hall–Kier alpha value is -5.26. The third kappa shape index (κ3) is 9.22. The molecule has 7 rings (SSSR count). The van der Waals surface area contributed by atoms with Crippen molar-refractivity contribution < 1.29 is 37.4 Å². The number of nitrogens with one attached hydrogen (secondary N) is 4. The molecule has 60 heavy (non-hydrogen) atoms. The van der Waals surface area contributed by atoms with E-state index in [9.17, 15) is 27.9 Å². The first-order chi connectivity index (χ1) is 28.7. The van der Waals surface area contributed by atoms with Crippen LogP contribution >= 0.6 is 11.3 Å². The summed E-state index contributed by atoms with van der Waals surface area (Å²) in [6, 6.07) is 12.6. The number of aliphatic hydroxyl groups excluding tert-OH is 1. The van der Waals surface area contributed by atoms with Gasteiger partial charge in [-0.05, 0) is 69.7 Å². The number of rotatable bonds is 10. The van der Waals surface area contributed by atoms with E-state index in [1.165, 1.54) is 22.3 Å². The molecule has 2 aliphatic heterocycles. The molecule has 320 valence electrons. The van der Waals surface area contributed by atoms with Crippen molar-refractivity contribution in [1.29, 1.82) is 0 Å². The average Bonchev–Trinajstić information content (AvgIpc) is 3.48. The number of ether oxygens (including phenoxy) is 2. The van der Waals surface area contributed by atoms with Crippen LogP contribution in [0.4, 0.5) is 10.8 Å². The van der Waals surface area contributed by atoms with E-state index >= 15 is 0 Å². The molecule has 2 aromatic heterocycles. The van der Waals surface area contributed by atoms with Crippen LogP contribution in [-0.2, 0) is 24.4 Å². The van der Waals surface area contributed by atoms with E-state index in [1.54, 1.807) is 57.4 Å². The van der Waals surface area contributed by atoms with Crippen molar-refractivity contribution in [3.63, 3.8) is 0 Å². The second-order valence-corrected chi connectivity index (χ2v) is 18.8. The van der Waals surface area contributed by atoms with Crippen LogP contribution in [0.15, 0.2) is 71.0 Å². The van der Waals surface area contributed by atoms with Crippen molar-refractivity contribution in [2.75, 3.05) is 30.8 Å². The number of thiazole rings is 1. The lowest BCUT2D eigenvalue weighted by molar-refractivity contribution is -0.147. The lowest BCUT2D eigenvalue weighted by Crippen LogP contribution is -2.57. The van der Waals surface area contributed by atoms with Crippen molar-refractivity contribution in [3.05, 3.63) is 66.1 Å². The number of aliphatic hydroxyl groups is 1. The molecule has 4 heterocycles. The van der Waals surface area contributed by atoms with E-state index in [4.69, 9.17) is 19.4 Å². The summed E-state index contributed by atoms with van der Waals surface area (Å²) in [5.74, 6) is -2.10. The highest BCUT2D eigenvalue weighted by Crippen LogP contribution is 2.46. The summed E-state index contributed by atoms with van der Waals surface area (Å²) in [5.41, 5.74) is 0.534. The first kappa shape index (κ1) is 42.8. The third-order valence-corrected chi connectivity index (χ3v) is 13.2. The maximum Gasteiger partial charge on any atom is 0.266 e. The van der Waals surface area contributed by atoms with Crippen molar-refractivity contribution in [2.24, 2.45) is 11.8 Å². The Morgan fingerprint density at radius 1 is 1.05 bits per heavy atom. The summed E-state index contributed by atoms with van der Waals surface area (Å²) in [5, 5.41) is 23.7. The smallest absolute Gasteiger partial charge is 0.266 e. The predicted molar refractivity (Wildman–Crippen MR) is 230 cm³/mol. The lowest BCUT2D eigenvalue weighted by atomic mass is 10.1. The quantitative estimate of drug-likeness (QED) is 0.126. The van der Waals surface area contributed by atoms with E-state index in [0.29, 0.717) is 46.0 Å². The van der Waals surface area contributed by atoms with Crippen LogP contribution in [-0.4, -0.2) is 96.1 Å². The van der Waals surface area contributed by atoms with Crippen LogP contribution in [0.2, 0.25) is 0 Å². The highest BCUT2D eigenvalue weighted by molar-refractivity contribution is 7.90. The minimum Gasteiger partial charge on any atom is -0.497 e. The van der Waals surface area contributed by atoms with Gasteiger partial charge in [-0.25, -0.2) is 23.1 Å². The number of para-hydroxylation sites is 1. The van der Waals surface area contributed by atoms with Crippen molar-refractivity contribution in [2.45, 2.75) is 101 Å². The summed E-state index contributed by atoms with van der Waals surface area (Å²) in [6.45, 7) is 7.98. The van der Waals surface area contributed by atoms with Gasteiger partial charge in [0.1, 0.15) is 45.9 Å². The Morgan fingerprint density at radius 3 is 2.62 bits per heavy atom. The number of hydrogen-bond donors (Lipinski definition) is 5. The van der Waals surface area contributed by atoms with Crippen molar-refractivity contribution >= 4 is 60.8 Å². The number of carbonyl (C=O) groups is 3. The van der Waals surface area contributed by atoms with Crippen LogP contribution in [0.1, 0.15) is 66.2 Å². The zero-order valence-corrected chi connectivity index (χ0v) is 36.1. The summed E-state index contributed by atoms with van der Waals surface area (Å²) >= 11 is 1.45. The standard InChI is InChI=1S/C43H53N7O8S2/c1-25(2)38(51)40(53)50-23-29(58-36-21-33(34-24-59-42(47-34)45-26(3)4)46-32-19-28(57-5)16-17-30(32)36)20-35(50)39(52)48-43-22-27(43)13-9-7-6-8-12-18-44-31-14-10-11-15-37(31)60(55,56)49-41(43)54/h9-11,13-17,19,21,24-27,29,35,38,44,51H,6-8,12,18,20,22-23H2,1-5H3,(H,45,47)(H,48,52)(H,49,54)/t27-,29-,35+,38?,43-/m1/s1. The number of carbonyl (C=O) groups excluding carboxylic acids is 3. The van der Waals surface area contributed by atoms with Crippen molar-refractivity contribution in [1.82, 2.24) is 24.9 Å². The number of methoxy groups -OCH3 is 1. The zero-order chi connectivity index (χ0) is 42.8. The average molecular weight is 860 g/mol.